The number of nitrogens with zero attached hydrogens (tertiary/aromatic N) is 3. The highest BCUT2D eigenvalue weighted by Crippen LogP contribution is 2.32. The van der Waals surface area contributed by atoms with Crippen LogP contribution in [0, 0.1) is 0 Å². The Hall–Kier alpha value is -3.91. The molecular formula is C25H26N6O2. The summed E-state index contributed by atoms with van der Waals surface area (Å²) in [5, 5.41) is 18.4. The van der Waals surface area contributed by atoms with Gasteiger partial charge in [0.15, 0.2) is 5.82 Å². The minimum Gasteiger partial charge on any atom is -0.508 e. The Morgan fingerprint density at radius 1 is 1.24 bits per heavy atom. The maximum atomic E-state index is 12.0. The van der Waals surface area contributed by atoms with Crippen molar-refractivity contribution in [1.29, 1.82) is 0 Å². The van der Waals surface area contributed by atoms with Crippen molar-refractivity contribution in [3.8, 4) is 28.4 Å². The van der Waals surface area contributed by atoms with Gasteiger partial charge in [-0.1, -0.05) is 25.1 Å². The third kappa shape index (κ3) is 3.89. The van der Waals surface area contributed by atoms with Crippen LogP contribution in [-0.4, -0.2) is 55.7 Å². The molecule has 0 radical (unpaired) electrons. The standard InChI is InChI=1S/C25H26N6O2/c1-2-15-10-18(32)6-8-19(15)16-5-7-20-21(11-16)29-30-24(20)25-27-13-22(28-25)17-4-3-9-31(14-17)23(33)12-26/h4-8,10-11,13,32H,2-3,9,12,14,26H2,1H3,(H,27,28)(H,29,30). The highest BCUT2D eigenvalue weighted by molar-refractivity contribution is 5.94. The fraction of sp³-hybridized carbons (Fsp3) is 0.240. The molecule has 3 heterocycles. The first-order valence-electron chi connectivity index (χ1n) is 11.1. The first-order chi connectivity index (χ1) is 16.1. The van der Waals surface area contributed by atoms with E-state index in [4.69, 9.17) is 10.7 Å². The van der Waals surface area contributed by atoms with Gasteiger partial charge < -0.3 is 20.7 Å². The van der Waals surface area contributed by atoms with Gasteiger partial charge in [-0.25, -0.2) is 4.98 Å². The fourth-order valence-electron chi connectivity index (χ4n) is 4.40. The summed E-state index contributed by atoms with van der Waals surface area (Å²) in [4.78, 5) is 21.8. The topological polar surface area (TPSA) is 124 Å². The molecule has 0 aliphatic carbocycles. The van der Waals surface area contributed by atoms with E-state index in [0.717, 1.165) is 57.4 Å². The van der Waals surface area contributed by atoms with Crippen molar-refractivity contribution < 1.29 is 9.90 Å². The normalized spacial score (nSPS) is 14.0. The van der Waals surface area contributed by atoms with Gasteiger partial charge in [-0.05, 0) is 59.4 Å². The molecule has 1 amide bonds. The number of aromatic amines is 2. The Bertz CT molecular complexity index is 1370. The number of rotatable bonds is 5. The summed E-state index contributed by atoms with van der Waals surface area (Å²) in [6.07, 6.45) is 5.60. The number of phenolic OH excluding ortho intramolecular Hbond substituents is 1. The average Bonchev–Trinajstić information content (AvgIpc) is 3.50. The van der Waals surface area contributed by atoms with E-state index in [1.54, 1.807) is 11.0 Å². The Balaban J connectivity index is 1.45. The molecule has 0 saturated heterocycles. The van der Waals surface area contributed by atoms with E-state index in [1.807, 2.05) is 24.4 Å². The monoisotopic (exact) mass is 442 g/mol. The van der Waals surface area contributed by atoms with Crippen molar-refractivity contribution in [2.75, 3.05) is 19.6 Å². The SMILES string of the molecule is CCc1cc(O)ccc1-c1ccc2c(-c3nc(C4=CCCN(C(=O)CN)C4)c[nH]3)n[nH]c2c1. The zero-order valence-corrected chi connectivity index (χ0v) is 18.4. The van der Waals surface area contributed by atoms with Crippen LogP contribution in [0.1, 0.15) is 24.6 Å². The third-order valence-electron chi connectivity index (χ3n) is 6.15. The van der Waals surface area contributed by atoms with Gasteiger partial charge >= 0.3 is 0 Å². The molecule has 8 nitrogen and oxygen atoms in total. The van der Waals surface area contributed by atoms with Crippen LogP contribution in [0.25, 0.3) is 39.1 Å². The molecule has 0 unspecified atom stereocenters. The molecule has 0 saturated carbocycles. The molecule has 0 atom stereocenters. The predicted octanol–water partition coefficient (Wildman–Crippen LogP) is 3.46. The van der Waals surface area contributed by atoms with E-state index >= 15 is 0 Å². The summed E-state index contributed by atoms with van der Waals surface area (Å²) in [6, 6.07) is 11.6. The summed E-state index contributed by atoms with van der Waals surface area (Å²) < 4.78 is 0. The second kappa shape index (κ2) is 8.55. The summed E-state index contributed by atoms with van der Waals surface area (Å²) in [6.45, 7) is 3.29. The molecular weight excluding hydrogens is 416 g/mol. The molecule has 33 heavy (non-hydrogen) atoms. The minimum atomic E-state index is -0.0506. The van der Waals surface area contributed by atoms with Crippen molar-refractivity contribution in [3.63, 3.8) is 0 Å². The van der Waals surface area contributed by atoms with Crippen LogP contribution in [0.15, 0.2) is 48.7 Å². The van der Waals surface area contributed by atoms with Crippen molar-refractivity contribution in [2.24, 2.45) is 5.73 Å². The van der Waals surface area contributed by atoms with E-state index in [-0.39, 0.29) is 18.2 Å². The zero-order valence-electron chi connectivity index (χ0n) is 18.4. The number of aryl methyl sites for hydroxylation is 1. The largest absolute Gasteiger partial charge is 0.508 e. The second-order valence-corrected chi connectivity index (χ2v) is 8.20. The number of imidazole rings is 1. The molecule has 5 rings (SSSR count). The number of hydrogen-bond donors (Lipinski definition) is 4. The lowest BCUT2D eigenvalue weighted by Crippen LogP contribution is -2.39. The number of hydrogen-bond acceptors (Lipinski definition) is 5. The van der Waals surface area contributed by atoms with Crippen LogP contribution in [-0.2, 0) is 11.2 Å². The first-order valence-corrected chi connectivity index (χ1v) is 11.1. The van der Waals surface area contributed by atoms with Crippen molar-refractivity contribution in [2.45, 2.75) is 19.8 Å². The van der Waals surface area contributed by atoms with Crippen LogP contribution in [0.5, 0.6) is 5.75 Å². The lowest BCUT2D eigenvalue weighted by Gasteiger charge is -2.26. The maximum Gasteiger partial charge on any atom is 0.236 e. The molecule has 168 valence electrons. The van der Waals surface area contributed by atoms with Crippen molar-refractivity contribution in [3.05, 3.63) is 59.9 Å². The molecule has 2 aromatic carbocycles. The average molecular weight is 443 g/mol. The molecule has 4 aromatic rings. The van der Waals surface area contributed by atoms with Crippen LogP contribution >= 0.6 is 0 Å². The molecule has 0 spiro atoms. The fourth-order valence-corrected chi connectivity index (χ4v) is 4.40. The van der Waals surface area contributed by atoms with Crippen molar-refractivity contribution in [1.82, 2.24) is 25.1 Å². The number of amides is 1. The van der Waals surface area contributed by atoms with E-state index in [2.05, 4.69) is 40.3 Å². The lowest BCUT2D eigenvalue weighted by atomic mass is 9.97. The molecule has 2 aromatic heterocycles. The quantitative estimate of drug-likeness (QED) is 0.377. The first kappa shape index (κ1) is 21.0. The number of H-pyrrole nitrogens is 2. The van der Waals surface area contributed by atoms with E-state index in [0.29, 0.717) is 18.9 Å². The Kier molecular flexibility index (Phi) is 5.43. The van der Waals surface area contributed by atoms with E-state index in [1.165, 1.54) is 0 Å². The van der Waals surface area contributed by atoms with Gasteiger partial charge in [0, 0.05) is 24.7 Å². The summed E-state index contributed by atoms with van der Waals surface area (Å²) in [5.74, 6) is 0.897. The second-order valence-electron chi connectivity index (χ2n) is 8.20. The summed E-state index contributed by atoms with van der Waals surface area (Å²) in [5.41, 5.74) is 12.2. The minimum absolute atomic E-state index is 0.0181. The molecule has 5 N–H and O–H groups in total. The number of phenols is 1. The van der Waals surface area contributed by atoms with Crippen LogP contribution in [0.4, 0.5) is 0 Å². The summed E-state index contributed by atoms with van der Waals surface area (Å²) >= 11 is 0. The molecule has 1 aliphatic heterocycles. The number of fused-ring (bicyclic) bond motifs is 1. The third-order valence-corrected chi connectivity index (χ3v) is 6.15. The van der Waals surface area contributed by atoms with Gasteiger partial charge in [-0.15, -0.1) is 0 Å². The number of nitrogens with one attached hydrogen (secondary N) is 2. The van der Waals surface area contributed by atoms with Gasteiger partial charge in [0.05, 0.1) is 17.8 Å². The Labute approximate surface area is 191 Å². The number of nitrogens with two attached hydrogens (primary N) is 1. The lowest BCUT2D eigenvalue weighted by molar-refractivity contribution is -0.129. The number of carbonyl (C=O) groups excluding carboxylic acids is 1. The Morgan fingerprint density at radius 3 is 2.94 bits per heavy atom. The van der Waals surface area contributed by atoms with E-state index in [9.17, 15) is 9.90 Å². The van der Waals surface area contributed by atoms with Gasteiger partial charge in [0.1, 0.15) is 11.4 Å². The van der Waals surface area contributed by atoms with Gasteiger partial charge in [0.2, 0.25) is 5.91 Å². The smallest absolute Gasteiger partial charge is 0.236 e. The number of aromatic nitrogens is 4. The maximum absolute atomic E-state index is 12.0. The zero-order chi connectivity index (χ0) is 22.9. The van der Waals surface area contributed by atoms with Gasteiger partial charge in [-0.2, -0.15) is 5.10 Å². The van der Waals surface area contributed by atoms with Crippen LogP contribution in [0.2, 0.25) is 0 Å². The molecule has 8 heteroatoms. The van der Waals surface area contributed by atoms with Crippen LogP contribution in [0.3, 0.4) is 0 Å². The molecule has 0 bridgehead atoms. The highest BCUT2D eigenvalue weighted by atomic mass is 16.3. The number of carbonyl (C=O) groups is 1. The molecule has 1 aliphatic rings. The number of aromatic hydroxyl groups is 1. The Morgan fingerprint density at radius 2 is 2.12 bits per heavy atom. The van der Waals surface area contributed by atoms with Gasteiger partial charge in [-0.3, -0.25) is 9.89 Å². The molecule has 0 fully saturated rings. The van der Waals surface area contributed by atoms with E-state index < -0.39 is 0 Å². The summed E-state index contributed by atoms with van der Waals surface area (Å²) in [7, 11) is 0. The van der Waals surface area contributed by atoms with Gasteiger partial charge in [0.25, 0.3) is 0 Å². The van der Waals surface area contributed by atoms with Crippen molar-refractivity contribution >= 4 is 22.4 Å². The highest BCUT2D eigenvalue weighted by Gasteiger charge is 2.20. The van der Waals surface area contributed by atoms with Crippen LogP contribution < -0.4 is 5.73 Å². The number of benzene rings is 2. The predicted molar refractivity (Wildman–Crippen MR) is 128 cm³/mol.